The molecule has 5 nitrogen and oxygen atoms in total. The molecule has 116 valence electrons. The number of hydrogen-bond acceptors (Lipinski definition) is 5. The molecular formula is C15H25N5S. The lowest BCUT2D eigenvalue weighted by Crippen LogP contribution is -2.19. The highest BCUT2D eigenvalue weighted by molar-refractivity contribution is 7.05. The van der Waals surface area contributed by atoms with E-state index in [2.05, 4.69) is 52.6 Å². The van der Waals surface area contributed by atoms with Gasteiger partial charge in [0.25, 0.3) is 0 Å². The summed E-state index contributed by atoms with van der Waals surface area (Å²) in [7, 11) is 1.99. The van der Waals surface area contributed by atoms with Gasteiger partial charge in [0, 0.05) is 18.7 Å². The van der Waals surface area contributed by atoms with Crippen LogP contribution in [0.15, 0.2) is 12.3 Å². The van der Waals surface area contributed by atoms with Gasteiger partial charge in [0.15, 0.2) is 0 Å². The summed E-state index contributed by atoms with van der Waals surface area (Å²) >= 11 is 1.50. The Morgan fingerprint density at radius 2 is 2.19 bits per heavy atom. The molecule has 2 rings (SSSR count). The van der Waals surface area contributed by atoms with Gasteiger partial charge < -0.3 is 5.32 Å². The van der Waals surface area contributed by atoms with E-state index in [1.54, 1.807) is 0 Å². The topological polar surface area (TPSA) is 55.6 Å². The van der Waals surface area contributed by atoms with E-state index in [1.807, 2.05) is 7.05 Å². The zero-order valence-corrected chi connectivity index (χ0v) is 14.2. The summed E-state index contributed by atoms with van der Waals surface area (Å²) in [5, 5.41) is 12.3. The van der Waals surface area contributed by atoms with Gasteiger partial charge in [-0.2, -0.15) is 5.10 Å². The highest BCUT2D eigenvalue weighted by Gasteiger charge is 2.19. The molecule has 0 saturated heterocycles. The van der Waals surface area contributed by atoms with Gasteiger partial charge in [-0.1, -0.05) is 24.8 Å². The van der Waals surface area contributed by atoms with Crippen LogP contribution in [0.3, 0.4) is 0 Å². The van der Waals surface area contributed by atoms with Crippen molar-refractivity contribution in [1.82, 2.24) is 24.7 Å². The molecule has 1 N–H and O–H groups in total. The summed E-state index contributed by atoms with van der Waals surface area (Å²) in [6.07, 6.45) is 6.13. The van der Waals surface area contributed by atoms with E-state index < -0.39 is 0 Å². The normalized spacial score (nSPS) is 14.3. The first-order chi connectivity index (χ1) is 10.2. The van der Waals surface area contributed by atoms with E-state index >= 15 is 0 Å². The minimum absolute atomic E-state index is 0.242. The number of aryl methyl sites for hydroxylation is 1. The van der Waals surface area contributed by atoms with E-state index in [0.29, 0.717) is 6.04 Å². The van der Waals surface area contributed by atoms with Crippen LogP contribution >= 0.6 is 11.5 Å². The molecule has 0 aliphatic heterocycles. The molecule has 0 spiro atoms. The van der Waals surface area contributed by atoms with Crippen molar-refractivity contribution in [1.29, 1.82) is 0 Å². The van der Waals surface area contributed by atoms with E-state index in [0.717, 1.165) is 37.1 Å². The van der Waals surface area contributed by atoms with Crippen LogP contribution in [0.4, 0.5) is 0 Å². The molecule has 6 heteroatoms. The van der Waals surface area contributed by atoms with Crippen molar-refractivity contribution in [3.8, 4) is 0 Å². The standard InChI is InChI=1S/C15H25N5S/c1-5-7-13-15(21-19-17-13)14(16-4)10-12-8-9-20(18-12)11(3)6-2/h8-9,11,14,16H,5-7,10H2,1-4H3. The molecule has 2 unspecified atom stereocenters. The van der Waals surface area contributed by atoms with Crippen molar-refractivity contribution in [3.05, 3.63) is 28.5 Å². The third-order valence-electron chi connectivity index (χ3n) is 3.86. The summed E-state index contributed by atoms with van der Waals surface area (Å²) < 4.78 is 6.18. The summed E-state index contributed by atoms with van der Waals surface area (Å²) in [6, 6.07) is 2.81. The largest absolute Gasteiger partial charge is 0.312 e. The number of nitrogens with one attached hydrogen (secondary N) is 1. The Bertz CT molecular complexity index is 548. The van der Waals surface area contributed by atoms with Gasteiger partial charge in [-0.15, -0.1) is 5.10 Å². The summed E-state index contributed by atoms with van der Waals surface area (Å²) in [6.45, 7) is 6.55. The molecule has 0 aromatic carbocycles. The van der Waals surface area contributed by atoms with Crippen molar-refractivity contribution < 1.29 is 0 Å². The number of nitrogens with zero attached hydrogens (tertiary/aromatic N) is 4. The lowest BCUT2D eigenvalue weighted by Gasteiger charge is -2.14. The van der Waals surface area contributed by atoms with Crippen molar-refractivity contribution in [2.45, 2.75) is 58.5 Å². The molecule has 2 heterocycles. The van der Waals surface area contributed by atoms with E-state index in [4.69, 9.17) is 5.10 Å². The number of aromatic nitrogens is 4. The van der Waals surface area contributed by atoms with Gasteiger partial charge in [-0.25, -0.2) is 0 Å². The summed E-state index contributed by atoms with van der Waals surface area (Å²) in [5.41, 5.74) is 2.24. The Balaban J connectivity index is 2.11. The molecule has 0 fully saturated rings. The first-order valence-corrected chi connectivity index (χ1v) is 8.49. The predicted molar refractivity (Wildman–Crippen MR) is 86.6 cm³/mol. The third kappa shape index (κ3) is 3.89. The van der Waals surface area contributed by atoms with Crippen molar-refractivity contribution in [2.75, 3.05) is 7.05 Å². The number of rotatable bonds is 8. The molecule has 0 bridgehead atoms. The molecule has 0 saturated carbocycles. The lowest BCUT2D eigenvalue weighted by atomic mass is 10.1. The first kappa shape index (κ1) is 16.1. The van der Waals surface area contributed by atoms with Crippen LogP contribution < -0.4 is 5.32 Å². The Morgan fingerprint density at radius 3 is 2.86 bits per heavy atom. The van der Waals surface area contributed by atoms with Crippen LogP contribution in [0, 0.1) is 0 Å². The zero-order chi connectivity index (χ0) is 15.2. The number of hydrogen-bond donors (Lipinski definition) is 1. The van der Waals surface area contributed by atoms with Gasteiger partial charge in [0.1, 0.15) is 0 Å². The fourth-order valence-electron chi connectivity index (χ4n) is 2.34. The van der Waals surface area contributed by atoms with Gasteiger partial charge in [-0.05, 0) is 44.4 Å². The molecule has 0 aliphatic rings. The molecule has 21 heavy (non-hydrogen) atoms. The highest BCUT2D eigenvalue weighted by Crippen LogP contribution is 2.24. The number of likely N-dealkylation sites (N-methyl/N-ethyl adjacent to an activating group) is 1. The Hall–Kier alpha value is -1.27. The van der Waals surface area contributed by atoms with E-state index in [-0.39, 0.29) is 6.04 Å². The molecule has 2 aromatic rings. The second-order valence-corrected chi connectivity index (χ2v) is 6.21. The van der Waals surface area contributed by atoms with E-state index in [9.17, 15) is 0 Å². The highest BCUT2D eigenvalue weighted by atomic mass is 32.1. The molecule has 0 aliphatic carbocycles. The summed E-state index contributed by atoms with van der Waals surface area (Å²) in [5.74, 6) is 0. The molecular weight excluding hydrogens is 282 g/mol. The average molecular weight is 307 g/mol. The van der Waals surface area contributed by atoms with Gasteiger partial charge >= 0.3 is 0 Å². The van der Waals surface area contributed by atoms with Gasteiger partial charge in [-0.3, -0.25) is 4.68 Å². The SMILES string of the molecule is CCCc1nnsc1C(Cc1ccn(C(C)CC)n1)NC. The fourth-order valence-corrected chi connectivity index (χ4v) is 3.15. The fraction of sp³-hybridized carbons (Fsp3) is 0.667. The van der Waals surface area contributed by atoms with Crippen molar-refractivity contribution in [3.63, 3.8) is 0 Å². The Kier molecular flexibility index (Phi) is 5.87. The monoisotopic (exact) mass is 307 g/mol. The maximum atomic E-state index is 4.69. The van der Waals surface area contributed by atoms with Gasteiger partial charge in [0.05, 0.1) is 22.3 Å². The van der Waals surface area contributed by atoms with Crippen LogP contribution in [0.1, 0.15) is 62.0 Å². The Morgan fingerprint density at radius 1 is 1.38 bits per heavy atom. The Labute approximate surface area is 130 Å². The smallest absolute Gasteiger partial charge is 0.0803 e. The maximum Gasteiger partial charge on any atom is 0.0803 e. The third-order valence-corrected chi connectivity index (χ3v) is 4.74. The minimum Gasteiger partial charge on any atom is -0.312 e. The molecule has 2 aromatic heterocycles. The van der Waals surface area contributed by atoms with E-state index in [1.165, 1.54) is 16.4 Å². The second kappa shape index (κ2) is 7.66. The summed E-state index contributed by atoms with van der Waals surface area (Å²) in [4.78, 5) is 1.25. The maximum absolute atomic E-state index is 4.69. The van der Waals surface area contributed by atoms with Crippen LogP contribution in [-0.2, 0) is 12.8 Å². The first-order valence-electron chi connectivity index (χ1n) is 7.71. The zero-order valence-electron chi connectivity index (χ0n) is 13.3. The van der Waals surface area contributed by atoms with Crippen LogP contribution in [0.25, 0.3) is 0 Å². The van der Waals surface area contributed by atoms with Crippen LogP contribution in [0.5, 0.6) is 0 Å². The molecule has 0 radical (unpaired) electrons. The van der Waals surface area contributed by atoms with Crippen molar-refractivity contribution >= 4 is 11.5 Å². The lowest BCUT2D eigenvalue weighted by molar-refractivity contribution is 0.469. The second-order valence-electron chi connectivity index (χ2n) is 5.42. The van der Waals surface area contributed by atoms with Gasteiger partial charge in [0.2, 0.25) is 0 Å². The van der Waals surface area contributed by atoms with Crippen LogP contribution in [-0.4, -0.2) is 26.4 Å². The molecule has 2 atom stereocenters. The minimum atomic E-state index is 0.242. The molecule has 0 amide bonds. The quantitative estimate of drug-likeness (QED) is 0.814. The van der Waals surface area contributed by atoms with Crippen LogP contribution in [0.2, 0.25) is 0 Å². The average Bonchev–Trinajstić information content (AvgIpc) is 3.13. The van der Waals surface area contributed by atoms with Crippen molar-refractivity contribution in [2.24, 2.45) is 0 Å². The predicted octanol–water partition coefficient (Wildman–Crippen LogP) is 3.16.